The second-order valence-corrected chi connectivity index (χ2v) is 4.13. The van der Waals surface area contributed by atoms with Crippen LogP contribution in [0.25, 0.3) is 0 Å². The zero-order valence-corrected chi connectivity index (χ0v) is 10.5. The van der Waals surface area contributed by atoms with Crippen molar-refractivity contribution in [2.75, 3.05) is 12.3 Å². The Morgan fingerprint density at radius 1 is 1.47 bits per heavy atom. The van der Waals surface area contributed by atoms with Gasteiger partial charge >= 0.3 is 0 Å². The van der Waals surface area contributed by atoms with E-state index in [4.69, 9.17) is 11.5 Å². The third-order valence-corrected chi connectivity index (χ3v) is 2.55. The van der Waals surface area contributed by atoms with Crippen molar-refractivity contribution < 1.29 is 0 Å². The topological polar surface area (TPSA) is 92.8 Å². The van der Waals surface area contributed by atoms with E-state index >= 15 is 0 Å². The van der Waals surface area contributed by atoms with Crippen LogP contribution in [0.1, 0.15) is 38.3 Å². The molecule has 1 rings (SSSR count). The summed E-state index contributed by atoms with van der Waals surface area (Å²) in [7, 11) is 0. The number of H-pyrrole nitrogens is 1. The van der Waals surface area contributed by atoms with Crippen LogP contribution in [0, 0.1) is 0 Å². The number of hydrogen-bond donors (Lipinski definition) is 4. The summed E-state index contributed by atoms with van der Waals surface area (Å²) in [4.78, 5) is 6.99. The van der Waals surface area contributed by atoms with Crippen LogP contribution >= 0.6 is 0 Å². The van der Waals surface area contributed by atoms with Crippen LogP contribution < -0.4 is 16.8 Å². The highest BCUT2D eigenvalue weighted by atomic mass is 15.0. The highest BCUT2D eigenvalue weighted by molar-refractivity contribution is 5.18. The lowest BCUT2D eigenvalue weighted by molar-refractivity contribution is 0.665. The molecule has 0 aliphatic rings. The molecule has 0 radical (unpaired) electrons. The summed E-state index contributed by atoms with van der Waals surface area (Å²) < 4.78 is 0. The van der Waals surface area contributed by atoms with Gasteiger partial charge in [0.2, 0.25) is 0 Å². The zero-order valence-electron chi connectivity index (χ0n) is 10.5. The Morgan fingerprint density at radius 3 is 2.94 bits per heavy atom. The van der Waals surface area contributed by atoms with Gasteiger partial charge < -0.3 is 21.8 Å². The van der Waals surface area contributed by atoms with Gasteiger partial charge in [-0.25, -0.2) is 4.98 Å². The number of aryl methyl sites for hydroxylation is 1. The Morgan fingerprint density at radius 2 is 2.29 bits per heavy atom. The van der Waals surface area contributed by atoms with Gasteiger partial charge in [-0.1, -0.05) is 6.42 Å². The van der Waals surface area contributed by atoms with Crippen molar-refractivity contribution in [3.8, 4) is 0 Å². The number of aromatic nitrogens is 2. The maximum atomic E-state index is 5.82. The van der Waals surface area contributed by atoms with Gasteiger partial charge in [0.25, 0.3) is 0 Å². The molecule has 6 N–H and O–H groups in total. The lowest BCUT2D eigenvalue weighted by atomic mass is 10.1. The minimum absolute atomic E-state index is 0.498. The number of hydrogen-bond acceptors (Lipinski definition) is 4. The molecule has 0 saturated carbocycles. The van der Waals surface area contributed by atoms with E-state index in [1.807, 2.05) is 6.20 Å². The van der Waals surface area contributed by atoms with Crippen molar-refractivity contribution in [2.24, 2.45) is 5.73 Å². The minimum Gasteiger partial charge on any atom is -0.401 e. The van der Waals surface area contributed by atoms with Crippen LogP contribution in [-0.4, -0.2) is 16.5 Å². The number of nitrogen functional groups attached to an aromatic ring is 1. The van der Waals surface area contributed by atoms with Gasteiger partial charge in [0, 0.05) is 24.1 Å². The maximum Gasteiger partial charge on any atom is 0.197 e. The van der Waals surface area contributed by atoms with E-state index in [0.29, 0.717) is 5.95 Å². The van der Waals surface area contributed by atoms with Crippen LogP contribution in [0.5, 0.6) is 0 Å². The van der Waals surface area contributed by atoms with E-state index in [1.54, 1.807) is 6.20 Å². The van der Waals surface area contributed by atoms with Crippen molar-refractivity contribution in [1.29, 1.82) is 0 Å². The van der Waals surface area contributed by atoms with E-state index in [2.05, 4.69) is 22.2 Å². The summed E-state index contributed by atoms with van der Waals surface area (Å²) in [5.41, 5.74) is 13.4. The number of nitrogens with zero attached hydrogens (tertiary/aromatic N) is 1. The largest absolute Gasteiger partial charge is 0.401 e. The van der Waals surface area contributed by atoms with Crippen molar-refractivity contribution in [1.82, 2.24) is 15.3 Å². The molecule has 0 fully saturated rings. The molecule has 5 heteroatoms. The van der Waals surface area contributed by atoms with Gasteiger partial charge in [0.1, 0.15) is 0 Å². The average Bonchev–Trinajstić information content (AvgIpc) is 2.72. The third kappa shape index (κ3) is 5.85. The van der Waals surface area contributed by atoms with Crippen LogP contribution in [0.15, 0.2) is 18.1 Å². The fourth-order valence-electron chi connectivity index (χ4n) is 1.63. The molecule has 0 aromatic carbocycles. The van der Waals surface area contributed by atoms with E-state index in [1.165, 1.54) is 6.42 Å². The van der Waals surface area contributed by atoms with Gasteiger partial charge in [-0.2, -0.15) is 0 Å². The SMILES string of the molecule is CCN/C=C(\N)CCCCCc1cnc(N)[nH]1. The Kier molecular flexibility index (Phi) is 5.99. The summed E-state index contributed by atoms with van der Waals surface area (Å²) in [6, 6.07) is 0. The summed E-state index contributed by atoms with van der Waals surface area (Å²) in [5.74, 6) is 0.498. The predicted molar refractivity (Wildman–Crippen MR) is 71.1 cm³/mol. The first-order valence-corrected chi connectivity index (χ1v) is 6.19. The molecule has 1 heterocycles. The second kappa shape index (κ2) is 7.60. The standard InChI is InChI=1S/C12H23N5/c1-2-15-8-10(13)6-4-3-5-7-11-9-16-12(14)17-11/h8-9,15H,2-7,13H2,1H3,(H3,14,16,17)/b10-8-. The Labute approximate surface area is 103 Å². The second-order valence-electron chi connectivity index (χ2n) is 4.13. The van der Waals surface area contributed by atoms with E-state index in [0.717, 1.165) is 43.6 Å². The number of nitrogens with one attached hydrogen (secondary N) is 2. The van der Waals surface area contributed by atoms with Gasteiger partial charge in [0.15, 0.2) is 5.95 Å². The summed E-state index contributed by atoms with van der Waals surface area (Å²) in [6.07, 6.45) is 9.08. The smallest absolute Gasteiger partial charge is 0.197 e. The molecule has 0 unspecified atom stereocenters. The van der Waals surface area contributed by atoms with E-state index < -0.39 is 0 Å². The van der Waals surface area contributed by atoms with Crippen molar-refractivity contribution in [3.05, 3.63) is 23.8 Å². The predicted octanol–water partition coefficient (Wildman–Crippen LogP) is 1.50. The van der Waals surface area contributed by atoms with Crippen molar-refractivity contribution >= 4 is 5.95 Å². The summed E-state index contributed by atoms with van der Waals surface area (Å²) >= 11 is 0. The molecular weight excluding hydrogens is 214 g/mol. The first-order valence-electron chi connectivity index (χ1n) is 6.19. The van der Waals surface area contributed by atoms with Crippen LogP contribution in [0.3, 0.4) is 0 Å². The fraction of sp³-hybridized carbons (Fsp3) is 0.583. The summed E-state index contributed by atoms with van der Waals surface area (Å²) in [5, 5.41) is 3.10. The number of aromatic amines is 1. The van der Waals surface area contributed by atoms with Gasteiger partial charge in [-0.05, 0) is 32.6 Å². The molecule has 0 spiro atoms. The van der Waals surface area contributed by atoms with Gasteiger partial charge in [0.05, 0.1) is 6.20 Å². The van der Waals surface area contributed by atoms with Gasteiger partial charge in [-0.15, -0.1) is 0 Å². The molecular formula is C12H23N5. The molecule has 5 nitrogen and oxygen atoms in total. The number of imidazole rings is 1. The number of anilines is 1. The Balaban J connectivity index is 2.05. The summed E-state index contributed by atoms with van der Waals surface area (Å²) in [6.45, 7) is 2.97. The Hall–Kier alpha value is -1.65. The minimum atomic E-state index is 0.498. The van der Waals surface area contributed by atoms with Gasteiger partial charge in [-0.3, -0.25) is 0 Å². The fourth-order valence-corrected chi connectivity index (χ4v) is 1.63. The monoisotopic (exact) mass is 237 g/mol. The molecule has 0 aliphatic heterocycles. The molecule has 0 saturated heterocycles. The lowest BCUT2D eigenvalue weighted by Crippen LogP contribution is -2.08. The number of unbranched alkanes of at least 4 members (excludes halogenated alkanes) is 2. The molecule has 0 amide bonds. The van der Waals surface area contributed by atoms with Crippen molar-refractivity contribution in [2.45, 2.75) is 39.0 Å². The van der Waals surface area contributed by atoms with Crippen LogP contribution in [0.4, 0.5) is 5.95 Å². The molecule has 0 atom stereocenters. The maximum absolute atomic E-state index is 5.82. The van der Waals surface area contributed by atoms with E-state index in [-0.39, 0.29) is 0 Å². The van der Waals surface area contributed by atoms with Crippen LogP contribution in [0.2, 0.25) is 0 Å². The average molecular weight is 237 g/mol. The normalized spacial score (nSPS) is 11.7. The van der Waals surface area contributed by atoms with Crippen LogP contribution in [-0.2, 0) is 6.42 Å². The number of rotatable bonds is 8. The van der Waals surface area contributed by atoms with E-state index in [9.17, 15) is 0 Å². The number of nitrogens with two attached hydrogens (primary N) is 2. The molecule has 1 aromatic heterocycles. The highest BCUT2D eigenvalue weighted by Crippen LogP contribution is 2.08. The lowest BCUT2D eigenvalue weighted by Gasteiger charge is -2.02. The molecule has 17 heavy (non-hydrogen) atoms. The quantitative estimate of drug-likeness (QED) is 0.516. The molecule has 0 bridgehead atoms. The molecule has 0 aliphatic carbocycles. The zero-order chi connectivity index (χ0) is 12.5. The molecule has 96 valence electrons. The highest BCUT2D eigenvalue weighted by Gasteiger charge is 1.97. The first-order chi connectivity index (χ1) is 8.22. The first kappa shape index (κ1) is 13.4. The molecule has 1 aromatic rings. The van der Waals surface area contributed by atoms with Crippen molar-refractivity contribution in [3.63, 3.8) is 0 Å². The number of allylic oxidation sites excluding steroid dienone is 1. The Bertz CT molecular complexity index is 342. The third-order valence-electron chi connectivity index (χ3n) is 2.55.